The molecule has 0 heterocycles. The molecule has 0 aromatic heterocycles. The first-order chi connectivity index (χ1) is 14.0. The maximum absolute atomic E-state index is 13.4. The highest BCUT2D eigenvalue weighted by Crippen LogP contribution is 2.30. The number of benzene rings is 3. The summed E-state index contributed by atoms with van der Waals surface area (Å²) < 4.78 is 23.8. The Balaban J connectivity index is 1.81. The van der Waals surface area contributed by atoms with Gasteiger partial charge in [0.05, 0.1) is 25.5 Å². The summed E-state index contributed by atoms with van der Waals surface area (Å²) in [4.78, 5) is 25.2. The van der Waals surface area contributed by atoms with Gasteiger partial charge in [-0.05, 0) is 42.5 Å². The molecule has 0 aliphatic carbocycles. The fourth-order valence-electron chi connectivity index (χ4n) is 2.73. The SMILES string of the molecule is COc1ccc(NC(=O)c2ccccc2NC(=O)c2cccc(F)c2)cc1OC. The van der Waals surface area contributed by atoms with Gasteiger partial charge in [0.15, 0.2) is 11.5 Å². The van der Waals surface area contributed by atoms with Crippen LogP contribution in [0.25, 0.3) is 0 Å². The van der Waals surface area contributed by atoms with E-state index in [4.69, 9.17) is 9.47 Å². The second-order valence-electron chi connectivity index (χ2n) is 6.03. The van der Waals surface area contributed by atoms with Gasteiger partial charge in [0.1, 0.15) is 5.82 Å². The number of ether oxygens (including phenoxy) is 2. The van der Waals surface area contributed by atoms with Crippen LogP contribution < -0.4 is 20.1 Å². The van der Waals surface area contributed by atoms with Crippen LogP contribution in [0.15, 0.2) is 66.7 Å². The lowest BCUT2D eigenvalue weighted by Gasteiger charge is -2.13. The van der Waals surface area contributed by atoms with Gasteiger partial charge in [0.2, 0.25) is 0 Å². The molecule has 0 atom stereocenters. The molecule has 0 aliphatic heterocycles. The van der Waals surface area contributed by atoms with Gasteiger partial charge in [-0.15, -0.1) is 0 Å². The molecule has 0 bridgehead atoms. The van der Waals surface area contributed by atoms with E-state index in [0.717, 1.165) is 6.07 Å². The van der Waals surface area contributed by atoms with Crippen molar-refractivity contribution >= 4 is 23.2 Å². The molecule has 2 N–H and O–H groups in total. The van der Waals surface area contributed by atoms with Crippen LogP contribution in [0.2, 0.25) is 0 Å². The Morgan fingerprint density at radius 1 is 0.793 bits per heavy atom. The van der Waals surface area contributed by atoms with E-state index < -0.39 is 17.6 Å². The summed E-state index contributed by atoms with van der Waals surface area (Å²) in [5.41, 5.74) is 1.21. The Morgan fingerprint density at radius 2 is 1.55 bits per heavy atom. The Labute approximate surface area is 167 Å². The van der Waals surface area contributed by atoms with Crippen molar-refractivity contribution in [3.05, 3.63) is 83.7 Å². The van der Waals surface area contributed by atoms with Crippen molar-refractivity contribution < 1.29 is 23.5 Å². The van der Waals surface area contributed by atoms with E-state index in [-0.39, 0.29) is 11.1 Å². The average Bonchev–Trinajstić information content (AvgIpc) is 2.74. The number of nitrogens with one attached hydrogen (secondary N) is 2. The topological polar surface area (TPSA) is 76.7 Å². The lowest BCUT2D eigenvalue weighted by Crippen LogP contribution is -2.18. The Bertz CT molecular complexity index is 1050. The van der Waals surface area contributed by atoms with Crippen LogP contribution in [0, 0.1) is 5.82 Å². The quantitative estimate of drug-likeness (QED) is 0.652. The molecule has 0 saturated heterocycles. The fourth-order valence-corrected chi connectivity index (χ4v) is 2.73. The number of hydrogen-bond donors (Lipinski definition) is 2. The van der Waals surface area contributed by atoms with Gasteiger partial charge in [0.25, 0.3) is 11.8 Å². The minimum Gasteiger partial charge on any atom is -0.493 e. The zero-order chi connectivity index (χ0) is 20.8. The number of anilines is 2. The highest BCUT2D eigenvalue weighted by molar-refractivity contribution is 6.12. The van der Waals surface area contributed by atoms with E-state index in [1.165, 1.54) is 32.4 Å². The number of amides is 2. The van der Waals surface area contributed by atoms with Gasteiger partial charge in [-0.2, -0.15) is 0 Å². The molecule has 0 fully saturated rings. The van der Waals surface area contributed by atoms with Crippen molar-refractivity contribution in [2.75, 3.05) is 24.9 Å². The molecule has 29 heavy (non-hydrogen) atoms. The van der Waals surface area contributed by atoms with Crippen LogP contribution in [-0.4, -0.2) is 26.0 Å². The number of carbonyl (C=O) groups is 2. The summed E-state index contributed by atoms with van der Waals surface area (Å²) in [6, 6.07) is 16.8. The van der Waals surface area contributed by atoms with Gasteiger partial charge in [0, 0.05) is 17.3 Å². The third kappa shape index (κ3) is 4.70. The summed E-state index contributed by atoms with van der Waals surface area (Å²) in [5.74, 6) is -0.452. The van der Waals surface area contributed by atoms with Crippen LogP contribution in [0.1, 0.15) is 20.7 Å². The molecular formula is C22H19FN2O4. The molecule has 0 saturated carbocycles. The fraction of sp³-hybridized carbons (Fsp3) is 0.0909. The molecule has 0 spiro atoms. The summed E-state index contributed by atoms with van der Waals surface area (Å²) >= 11 is 0. The molecule has 2 amide bonds. The second kappa shape index (κ2) is 8.88. The van der Waals surface area contributed by atoms with Crippen LogP contribution in [0.4, 0.5) is 15.8 Å². The monoisotopic (exact) mass is 394 g/mol. The molecule has 3 rings (SSSR count). The van der Waals surface area contributed by atoms with Crippen LogP contribution in [0.5, 0.6) is 11.5 Å². The van der Waals surface area contributed by atoms with E-state index in [9.17, 15) is 14.0 Å². The Hall–Kier alpha value is -3.87. The highest BCUT2D eigenvalue weighted by Gasteiger charge is 2.15. The molecule has 0 radical (unpaired) electrons. The molecule has 3 aromatic carbocycles. The van der Waals surface area contributed by atoms with Gasteiger partial charge < -0.3 is 20.1 Å². The second-order valence-corrected chi connectivity index (χ2v) is 6.03. The highest BCUT2D eigenvalue weighted by atomic mass is 19.1. The van der Waals surface area contributed by atoms with Gasteiger partial charge >= 0.3 is 0 Å². The number of rotatable bonds is 6. The van der Waals surface area contributed by atoms with Crippen molar-refractivity contribution in [2.45, 2.75) is 0 Å². The molecule has 0 aliphatic rings. The minimum absolute atomic E-state index is 0.153. The zero-order valence-electron chi connectivity index (χ0n) is 15.9. The van der Waals surface area contributed by atoms with Crippen LogP contribution in [-0.2, 0) is 0 Å². The normalized spacial score (nSPS) is 10.2. The molecule has 6 nitrogen and oxygen atoms in total. The number of halogens is 1. The molecule has 7 heteroatoms. The lowest BCUT2D eigenvalue weighted by molar-refractivity contribution is 0.102. The van der Waals surface area contributed by atoms with E-state index in [1.54, 1.807) is 42.5 Å². The standard InChI is InChI=1S/C22H19FN2O4/c1-28-19-11-10-16(13-20(19)29-2)24-22(27)17-8-3-4-9-18(17)25-21(26)14-6-5-7-15(23)12-14/h3-13H,1-2H3,(H,24,27)(H,25,26). The maximum atomic E-state index is 13.4. The number of methoxy groups -OCH3 is 2. The first-order valence-electron chi connectivity index (χ1n) is 8.71. The predicted molar refractivity (Wildman–Crippen MR) is 108 cm³/mol. The van der Waals surface area contributed by atoms with Crippen molar-refractivity contribution in [2.24, 2.45) is 0 Å². The lowest BCUT2D eigenvalue weighted by atomic mass is 10.1. The van der Waals surface area contributed by atoms with E-state index >= 15 is 0 Å². The van der Waals surface area contributed by atoms with E-state index in [0.29, 0.717) is 22.9 Å². The summed E-state index contributed by atoms with van der Waals surface area (Å²) in [5, 5.41) is 5.41. The van der Waals surface area contributed by atoms with Gasteiger partial charge in [-0.25, -0.2) is 4.39 Å². The molecular weight excluding hydrogens is 375 g/mol. The predicted octanol–water partition coefficient (Wildman–Crippen LogP) is 4.35. The van der Waals surface area contributed by atoms with Crippen LogP contribution in [0.3, 0.4) is 0 Å². The summed E-state index contributed by atoms with van der Waals surface area (Å²) in [6.07, 6.45) is 0. The zero-order valence-corrected chi connectivity index (χ0v) is 15.9. The molecule has 148 valence electrons. The van der Waals surface area contributed by atoms with Crippen molar-refractivity contribution in [3.63, 3.8) is 0 Å². The number of carbonyl (C=O) groups excluding carboxylic acids is 2. The largest absolute Gasteiger partial charge is 0.493 e. The van der Waals surface area contributed by atoms with Crippen LogP contribution >= 0.6 is 0 Å². The summed E-state index contributed by atoms with van der Waals surface area (Å²) in [7, 11) is 3.02. The van der Waals surface area contributed by atoms with E-state index in [2.05, 4.69) is 10.6 Å². The minimum atomic E-state index is -0.518. The van der Waals surface area contributed by atoms with Crippen molar-refractivity contribution in [3.8, 4) is 11.5 Å². The Morgan fingerprint density at radius 3 is 2.28 bits per heavy atom. The maximum Gasteiger partial charge on any atom is 0.257 e. The smallest absolute Gasteiger partial charge is 0.257 e. The third-order valence-electron chi connectivity index (χ3n) is 4.15. The molecule has 0 unspecified atom stereocenters. The van der Waals surface area contributed by atoms with Crippen molar-refractivity contribution in [1.82, 2.24) is 0 Å². The molecule has 3 aromatic rings. The Kier molecular flexibility index (Phi) is 6.09. The van der Waals surface area contributed by atoms with E-state index in [1.807, 2.05) is 0 Å². The van der Waals surface area contributed by atoms with Gasteiger partial charge in [-0.3, -0.25) is 9.59 Å². The average molecular weight is 394 g/mol. The first kappa shape index (κ1) is 19.9. The third-order valence-corrected chi connectivity index (χ3v) is 4.15. The number of para-hydroxylation sites is 1. The van der Waals surface area contributed by atoms with Crippen molar-refractivity contribution in [1.29, 1.82) is 0 Å². The van der Waals surface area contributed by atoms with Gasteiger partial charge in [-0.1, -0.05) is 18.2 Å². The summed E-state index contributed by atoms with van der Waals surface area (Å²) in [6.45, 7) is 0. The number of hydrogen-bond acceptors (Lipinski definition) is 4. The first-order valence-corrected chi connectivity index (χ1v) is 8.71.